The van der Waals surface area contributed by atoms with Crippen LogP contribution in [0.25, 0.3) is 0 Å². The Balaban J connectivity index is 1.32. The summed E-state index contributed by atoms with van der Waals surface area (Å²) in [7, 11) is 0. The molecule has 2 aliphatic heterocycles. The SMILES string of the molecule is CCOC(=O)C1(C(=O)N2CCCC2COC(=O)N2CCN(c3ccccn3)CC2)CCCCC1. The van der Waals surface area contributed by atoms with Crippen molar-refractivity contribution in [2.75, 3.05) is 50.8 Å². The van der Waals surface area contributed by atoms with E-state index in [1.54, 1.807) is 22.9 Å². The molecule has 1 aromatic heterocycles. The van der Waals surface area contributed by atoms with Crippen LogP contribution in [0.5, 0.6) is 0 Å². The standard InChI is InChI=1S/C25H36N4O5/c1-2-33-23(31)25(11-5-3-6-12-25)22(30)29-14-8-9-20(29)19-34-24(32)28-17-15-27(16-18-28)21-10-4-7-13-26-21/h4,7,10,13,20H,2-3,5-6,8-9,11-12,14-19H2,1H3. The van der Waals surface area contributed by atoms with Gasteiger partial charge in [0.2, 0.25) is 5.91 Å². The number of hydrogen-bond acceptors (Lipinski definition) is 7. The Labute approximate surface area is 201 Å². The van der Waals surface area contributed by atoms with Crippen LogP contribution in [0.15, 0.2) is 24.4 Å². The average Bonchev–Trinajstić information content (AvgIpc) is 3.36. The van der Waals surface area contributed by atoms with Gasteiger partial charge >= 0.3 is 12.1 Å². The molecule has 1 atom stereocenters. The zero-order valence-corrected chi connectivity index (χ0v) is 20.1. The second-order valence-electron chi connectivity index (χ2n) is 9.40. The Hall–Kier alpha value is -2.84. The van der Waals surface area contributed by atoms with E-state index in [-0.39, 0.29) is 31.3 Å². The molecule has 1 aromatic rings. The lowest BCUT2D eigenvalue weighted by Gasteiger charge is -2.38. The number of ether oxygens (including phenoxy) is 2. The van der Waals surface area contributed by atoms with Gasteiger partial charge in [0.25, 0.3) is 0 Å². The molecule has 9 heteroatoms. The fourth-order valence-electron chi connectivity index (χ4n) is 5.40. The van der Waals surface area contributed by atoms with Gasteiger partial charge in [-0.2, -0.15) is 0 Å². The third-order valence-electron chi connectivity index (χ3n) is 7.33. The lowest BCUT2D eigenvalue weighted by atomic mass is 9.72. The number of hydrogen-bond donors (Lipinski definition) is 0. The molecule has 9 nitrogen and oxygen atoms in total. The smallest absolute Gasteiger partial charge is 0.409 e. The van der Waals surface area contributed by atoms with Crippen LogP contribution in [0, 0.1) is 5.41 Å². The van der Waals surface area contributed by atoms with Crippen LogP contribution in [0.2, 0.25) is 0 Å². The predicted molar refractivity (Wildman–Crippen MR) is 126 cm³/mol. The van der Waals surface area contributed by atoms with Crippen molar-refractivity contribution in [2.45, 2.75) is 57.9 Å². The number of aromatic nitrogens is 1. The number of piperazine rings is 1. The first-order valence-corrected chi connectivity index (χ1v) is 12.6. The first-order valence-electron chi connectivity index (χ1n) is 12.6. The Kier molecular flexibility index (Phi) is 7.90. The molecule has 3 heterocycles. The molecule has 0 spiro atoms. The molecule has 3 aliphatic rings. The summed E-state index contributed by atoms with van der Waals surface area (Å²) in [5.41, 5.74) is -1.08. The molecule has 3 fully saturated rings. The molecule has 0 aromatic carbocycles. The second kappa shape index (κ2) is 11.1. The number of anilines is 1. The van der Waals surface area contributed by atoms with Gasteiger partial charge in [-0.1, -0.05) is 25.3 Å². The summed E-state index contributed by atoms with van der Waals surface area (Å²) in [5.74, 6) is 0.371. The van der Waals surface area contributed by atoms with E-state index in [0.29, 0.717) is 45.6 Å². The minimum atomic E-state index is -1.08. The van der Waals surface area contributed by atoms with Crippen LogP contribution >= 0.6 is 0 Å². The molecule has 1 aliphatic carbocycles. The molecule has 0 N–H and O–H groups in total. The van der Waals surface area contributed by atoms with Gasteiger partial charge in [0, 0.05) is 38.9 Å². The van der Waals surface area contributed by atoms with Gasteiger partial charge in [-0.15, -0.1) is 0 Å². The summed E-state index contributed by atoms with van der Waals surface area (Å²) in [5, 5.41) is 0. The van der Waals surface area contributed by atoms with Crippen molar-refractivity contribution in [1.29, 1.82) is 0 Å². The lowest BCUT2D eigenvalue weighted by Crippen LogP contribution is -2.53. The summed E-state index contributed by atoms with van der Waals surface area (Å²) < 4.78 is 11.0. The van der Waals surface area contributed by atoms with Gasteiger partial charge in [-0.05, 0) is 44.7 Å². The summed E-state index contributed by atoms with van der Waals surface area (Å²) in [6, 6.07) is 5.61. The van der Waals surface area contributed by atoms with Gasteiger partial charge in [0.05, 0.1) is 12.6 Å². The monoisotopic (exact) mass is 472 g/mol. The van der Waals surface area contributed by atoms with Crippen LogP contribution in [0.1, 0.15) is 51.9 Å². The number of pyridine rings is 1. The zero-order valence-electron chi connectivity index (χ0n) is 20.1. The molecule has 1 saturated carbocycles. The van der Waals surface area contributed by atoms with Crippen LogP contribution in [0.4, 0.5) is 10.6 Å². The van der Waals surface area contributed by atoms with E-state index in [1.807, 2.05) is 18.2 Å². The number of carbonyl (C=O) groups excluding carboxylic acids is 3. The molecular weight excluding hydrogens is 436 g/mol. The minimum Gasteiger partial charge on any atom is -0.465 e. The van der Waals surface area contributed by atoms with Crippen molar-refractivity contribution in [3.05, 3.63) is 24.4 Å². The topological polar surface area (TPSA) is 92.3 Å². The summed E-state index contributed by atoms with van der Waals surface area (Å²) >= 11 is 0. The average molecular weight is 473 g/mol. The van der Waals surface area contributed by atoms with Crippen LogP contribution in [-0.4, -0.2) is 84.7 Å². The first-order chi connectivity index (χ1) is 16.5. The maximum atomic E-state index is 13.6. The summed E-state index contributed by atoms with van der Waals surface area (Å²) in [6.07, 6.45) is 6.83. The van der Waals surface area contributed by atoms with Gasteiger partial charge in [-0.25, -0.2) is 9.78 Å². The molecule has 0 radical (unpaired) electrons. The highest BCUT2D eigenvalue weighted by atomic mass is 16.6. The van der Waals surface area contributed by atoms with Crippen molar-refractivity contribution in [3.63, 3.8) is 0 Å². The lowest BCUT2D eigenvalue weighted by molar-refractivity contribution is -0.168. The van der Waals surface area contributed by atoms with E-state index in [0.717, 1.165) is 37.9 Å². The Morgan fingerprint density at radius 1 is 1.00 bits per heavy atom. The molecule has 2 saturated heterocycles. The molecule has 34 heavy (non-hydrogen) atoms. The van der Waals surface area contributed by atoms with E-state index < -0.39 is 11.4 Å². The summed E-state index contributed by atoms with van der Waals surface area (Å²) in [4.78, 5) is 49.2. The number of carbonyl (C=O) groups is 3. The van der Waals surface area contributed by atoms with Gasteiger partial charge in [0.15, 0.2) is 0 Å². The quantitative estimate of drug-likeness (QED) is 0.464. The number of likely N-dealkylation sites (tertiary alicyclic amines) is 1. The van der Waals surface area contributed by atoms with E-state index >= 15 is 0 Å². The number of nitrogens with zero attached hydrogens (tertiary/aromatic N) is 4. The fourth-order valence-corrected chi connectivity index (χ4v) is 5.40. The van der Waals surface area contributed by atoms with E-state index in [2.05, 4.69) is 9.88 Å². The Bertz CT molecular complexity index is 850. The van der Waals surface area contributed by atoms with Crippen LogP contribution in [0.3, 0.4) is 0 Å². The van der Waals surface area contributed by atoms with E-state index in [1.165, 1.54) is 0 Å². The van der Waals surface area contributed by atoms with E-state index in [9.17, 15) is 14.4 Å². The molecule has 2 amide bonds. The third-order valence-corrected chi connectivity index (χ3v) is 7.33. The fraction of sp³-hybridized carbons (Fsp3) is 0.680. The van der Waals surface area contributed by atoms with Crippen molar-refractivity contribution in [3.8, 4) is 0 Å². The molecular formula is C25H36N4O5. The van der Waals surface area contributed by atoms with Crippen molar-refractivity contribution < 1.29 is 23.9 Å². The highest BCUT2D eigenvalue weighted by Gasteiger charge is 2.51. The second-order valence-corrected chi connectivity index (χ2v) is 9.40. The predicted octanol–water partition coefficient (Wildman–Crippen LogP) is 2.84. The van der Waals surface area contributed by atoms with Crippen LogP contribution in [-0.2, 0) is 19.1 Å². The maximum absolute atomic E-state index is 13.6. The van der Waals surface area contributed by atoms with Crippen molar-refractivity contribution in [2.24, 2.45) is 5.41 Å². The van der Waals surface area contributed by atoms with Crippen molar-refractivity contribution >= 4 is 23.8 Å². The largest absolute Gasteiger partial charge is 0.465 e. The number of amides is 2. The first kappa shape index (κ1) is 24.3. The van der Waals surface area contributed by atoms with Gasteiger partial charge in [-0.3, -0.25) is 9.59 Å². The highest BCUT2D eigenvalue weighted by molar-refractivity contribution is 6.03. The number of rotatable bonds is 6. The van der Waals surface area contributed by atoms with Gasteiger partial charge < -0.3 is 24.2 Å². The molecule has 186 valence electrons. The normalized spacial score (nSPS) is 22.4. The highest BCUT2D eigenvalue weighted by Crippen LogP contribution is 2.41. The number of esters is 1. The van der Waals surface area contributed by atoms with Crippen molar-refractivity contribution in [1.82, 2.24) is 14.8 Å². The zero-order chi connectivity index (χ0) is 24.0. The Morgan fingerprint density at radius 3 is 2.44 bits per heavy atom. The maximum Gasteiger partial charge on any atom is 0.409 e. The summed E-state index contributed by atoms with van der Waals surface area (Å²) in [6.45, 7) is 5.30. The Morgan fingerprint density at radius 2 is 1.76 bits per heavy atom. The van der Waals surface area contributed by atoms with Gasteiger partial charge in [0.1, 0.15) is 17.8 Å². The van der Waals surface area contributed by atoms with Crippen LogP contribution < -0.4 is 4.90 Å². The third kappa shape index (κ3) is 5.13. The molecule has 4 rings (SSSR count). The minimum absolute atomic E-state index is 0.145. The van der Waals surface area contributed by atoms with E-state index in [4.69, 9.17) is 9.47 Å². The molecule has 0 bridgehead atoms. The molecule has 1 unspecified atom stereocenters.